The molecule has 0 aliphatic rings. The third kappa shape index (κ3) is 4.66. The van der Waals surface area contributed by atoms with E-state index >= 15 is 0 Å². The summed E-state index contributed by atoms with van der Waals surface area (Å²) in [5.41, 5.74) is 1.90. The van der Waals surface area contributed by atoms with Crippen molar-refractivity contribution in [2.45, 2.75) is 0 Å². The molecule has 144 valence electrons. The van der Waals surface area contributed by atoms with Crippen LogP contribution in [0.25, 0.3) is 11.3 Å². The van der Waals surface area contributed by atoms with Gasteiger partial charge in [-0.3, -0.25) is 10.1 Å². The number of nitrogens with zero attached hydrogens (tertiary/aromatic N) is 1. The van der Waals surface area contributed by atoms with Crippen LogP contribution in [0, 0.1) is 0 Å². The molecule has 7 nitrogen and oxygen atoms in total. The Morgan fingerprint density at radius 1 is 1.04 bits per heavy atom. The van der Waals surface area contributed by atoms with Gasteiger partial charge in [0.25, 0.3) is 5.91 Å². The topological polar surface area (TPSA) is 86.8 Å². The molecule has 0 radical (unpaired) electrons. The van der Waals surface area contributed by atoms with Crippen molar-refractivity contribution in [3.8, 4) is 22.8 Å². The van der Waals surface area contributed by atoms with Crippen LogP contribution in [0.3, 0.4) is 0 Å². The van der Waals surface area contributed by atoms with Gasteiger partial charge in [0.2, 0.25) is 0 Å². The number of methoxy groups -OCH3 is 2. The standard InChI is InChI=1S/C20H18N2O5S/c1-25-16-9-8-14(10-17(16)26-2)15-12-28-20(21-15)22-18(23)11-27-19(24)13-6-4-3-5-7-13/h3-10,12H,11H2,1-2H3,(H,21,22,23). The number of ether oxygens (including phenoxy) is 3. The maximum atomic E-state index is 12.0. The predicted octanol–water partition coefficient (Wildman–Crippen LogP) is 3.62. The molecular weight excluding hydrogens is 380 g/mol. The monoisotopic (exact) mass is 398 g/mol. The predicted molar refractivity (Wildman–Crippen MR) is 106 cm³/mol. The van der Waals surface area contributed by atoms with E-state index in [4.69, 9.17) is 14.2 Å². The van der Waals surface area contributed by atoms with Gasteiger partial charge in [-0.15, -0.1) is 11.3 Å². The van der Waals surface area contributed by atoms with E-state index in [0.717, 1.165) is 5.56 Å². The van der Waals surface area contributed by atoms with E-state index in [9.17, 15) is 9.59 Å². The van der Waals surface area contributed by atoms with Gasteiger partial charge in [-0.2, -0.15) is 0 Å². The minimum Gasteiger partial charge on any atom is -0.493 e. The van der Waals surface area contributed by atoms with Gasteiger partial charge in [-0.25, -0.2) is 9.78 Å². The summed E-state index contributed by atoms with van der Waals surface area (Å²) in [4.78, 5) is 28.3. The highest BCUT2D eigenvalue weighted by molar-refractivity contribution is 7.14. The minimum atomic E-state index is -0.555. The number of hydrogen-bond acceptors (Lipinski definition) is 7. The van der Waals surface area contributed by atoms with Crippen molar-refractivity contribution < 1.29 is 23.8 Å². The molecule has 2 aromatic carbocycles. The molecule has 1 aromatic heterocycles. The summed E-state index contributed by atoms with van der Waals surface area (Å²) in [5, 5.41) is 4.85. The largest absolute Gasteiger partial charge is 0.493 e. The molecule has 0 aliphatic carbocycles. The van der Waals surface area contributed by atoms with Crippen molar-refractivity contribution in [3.05, 3.63) is 59.5 Å². The molecule has 3 aromatic rings. The van der Waals surface area contributed by atoms with Crippen molar-refractivity contribution in [2.75, 3.05) is 26.1 Å². The van der Waals surface area contributed by atoms with Crippen molar-refractivity contribution >= 4 is 28.3 Å². The van der Waals surface area contributed by atoms with E-state index < -0.39 is 11.9 Å². The molecule has 1 N–H and O–H groups in total. The molecule has 0 spiro atoms. The van der Waals surface area contributed by atoms with Crippen LogP contribution in [-0.2, 0) is 9.53 Å². The maximum Gasteiger partial charge on any atom is 0.338 e. The summed E-state index contributed by atoms with van der Waals surface area (Å²) in [6.07, 6.45) is 0. The number of carbonyl (C=O) groups excluding carboxylic acids is 2. The van der Waals surface area contributed by atoms with Crippen molar-refractivity contribution in [2.24, 2.45) is 0 Å². The Kier molecular flexibility index (Phi) is 6.23. The minimum absolute atomic E-state index is 0.389. The fourth-order valence-electron chi connectivity index (χ4n) is 2.40. The van der Waals surface area contributed by atoms with Gasteiger partial charge >= 0.3 is 5.97 Å². The van der Waals surface area contributed by atoms with Crippen LogP contribution in [0.4, 0.5) is 5.13 Å². The van der Waals surface area contributed by atoms with E-state index in [1.54, 1.807) is 56.7 Å². The number of nitrogens with one attached hydrogen (secondary N) is 1. The van der Waals surface area contributed by atoms with Gasteiger partial charge < -0.3 is 14.2 Å². The number of rotatable bonds is 7. The first kappa shape index (κ1) is 19.4. The number of thiazole rings is 1. The number of benzene rings is 2. The number of esters is 1. The molecule has 0 saturated heterocycles. The third-order valence-electron chi connectivity index (χ3n) is 3.77. The molecule has 8 heteroatoms. The summed E-state index contributed by atoms with van der Waals surface area (Å²) in [6.45, 7) is -0.390. The number of anilines is 1. The molecule has 28 heavy (non-hydrogen) atoms. The Bertz CT molecular complexity index is 972. The third-order valence-corrected chi connectivity index (χ3v) is 4.53. The molecule has 0 atom stereocenters. The smallest absolute Gasteiger partial charge is 0.338 e. The lowest BCUT2D eigenvalue weighted by Crippen LogP contribution is -2.20. The second-order valence-electron chi connectivity index (χ2n) is 5.60. The van der Waals surface area contributed by atoms with Crippen LogP contribution in [0.2, 0.25) is 0 Å². The van der Waals surface area contributed by atoms with E-state index in [2.05, 4.69) is 10.3 Å². The number of hydrogen-bond donors (Lipinski definition) is 1. The summed E-state index contributed by atoms with van der Waals surface area (Å²) < 4.78 is 15.5. The lowest BCUT2D eigenvalue weighted by Gasteiger charge is -2.08. The quantitative estimate of drug-likeness (QED) is 0.612. The van der Waals surface area contributed by atoms with Crippen molar-refractivity contribution in [1.82, 2.24) is 4.98 Å². The number of carbonyl (C=O) groups is 2. The van der Waals surface area contributed by atoms with Gasteiger partial charge in [0.1, 0.15) is 0 Å². The lowest BCUT2D eigenvalue weighted by atomic mass is 10.1. The zero-order chi connectivity index (χ0) is 19.9. The van der Waals surface area contributed by atoms with E-state index in [-0.39, 0.29) is 6.61 Å². The van der Waals surface area contributed by atoms with E-state index in [1.807, 2.05) is 11.4 Å². The van der Waals surface area contributed by atoms with Crippen LogP contribution >= 0.6 is 11.3 Å². The van der Waals surface area contributed by atoms with E-state index in [0.29, 0.717) is 27.9 Å². The first-order valence-electron chi connectivity index (χ1n) is 8.30. The average molecular weight is 398 g/mol. The van der Waals surface area contributed by atoms with Crippen LogP contribution in [0.15, 0.2) is 53.9 Å². The van der Waals surface area contributed by atoms with Gasteiger partial charge in [0.05, 0.1) is 25.5 Å². The van der Waals surface area contributed by atoms with Gasteiger partial charge in [0, 0.05) is 10.9 Å². The van der Waals surface area contributed by atoms with Crippen molar-refractivity contribution in [1.29, 1.82) is 0 Å². The van der Waals surface area contributed by atoms with E-state index in [1.165, 1.54) is 11.3 Å². The normalized spacial score (nSPS) is 10.2. The highest BCUT2D eigenvalue weighted by Gasteiger charge is 2.13. The highest BCUT2D eigenvalue weighted by Crippen LogP contribution is 2.33. The fraction of sp³-hybridized carbons (Fsp3) is 0.150. The van der Waals surface area contributed by atoms with Crippen molar-refractivity contribution in [3.63, 3.8) is 0 Å². The molecule has 0 fully saturated rings. The van der Waals surface area contributed by atoms with Gasteiger partial charge in [-0.05, 0) is 30.3 Å². The molecule has 0 saturated carbocycles. The maximum absolute atomic E-state index is 12.0. The Morgan fingerprint density at radius 2 is 1.79 bits per heavy atom. The number of aromatic nitrogens is 1. The van der Waals surface area contributed by atoms with Crippen LogP contribution in [-0.4, -0.2) is 37.7 Å². The molecule has 0 aliphatic heterocycles. The first-order chi connectivity index (χ1) is 13.6. The Labute approximate surface area is 165 Å². The molecule has 1 heterocycles. The summed E-state index contributed by atoms with van der Waals surface area (Å²) >= 11 is 1.27. The Hall–Kier alpha value is -3.39. The van der Waals surface area contributed by atoms with Crippen LogP contribution in [0.5, 0.6) is 11.5 Å². The molecule has 0 unspecified atom stereocenters. The zero-order valence-electron chi connectivity index (χ0n) is 15.3. The molecule has 0 bridgehead atoms. The lowest BCUT2D eigenvalue weighted by molar-refractivity contribution is -0.119. The summed E-state index contributed by atoms with van der Waals surface area (Å²) in [6, 6.07) is 13.9. The SMILES string of the molecule is COc1ccc(-c2csc(NC(=O)COC(=O)c3ccccc3)n2)cc1OC. The fourth-order valence-corrected chi connectivity index (χ4v) is 3.14. The molecular formula is C20H18N2O5S. The summed E-state index contributed by atoms with van der Waals surface area (Å²) in [5.74, 6) is 0.194. The average Bonchev–Trinajstić information content (AvgIpc) is 3.20. The Balaban J connectivity index is 1.60. The highest BCUT2D eigenvalue weighted by atomic mass is 32.1. The molecule has 3 rings (SSSR count). The zero-order valence-corrected chi connectivity index (χ0v) is 16.1. The van der Waals surface area contributed by atoms with Crippen LogP contribution in [0.1, 0.15) is 10.4 Å². The Morgan fingerprint density at radius 3 is 2.50 bits per heavy atom. The van der Waals surface area contributed by atoms with Gasteiger partial charge in [0.15, 0.2) is 23.2 Å². The second-order valence-corrected chi connectivity index (χ2v) is 6.46. The van der Waals surface area contributed by atoms with Gasteiger partial charge in [-0.1, -0.05) is 18.2 Å². The second kappa shape index (κ2) is 9.01. The number of amides is 1. The van der Waals surface area contributed by atoms with Crippen LogP contribution < -0.4 is 14.8 Å². The summed E-state index contributed by atoms with van der Waals surface area (Å²) in [7, 11) is 3.13. The molecule has 1 amide bonds. The first-order valence-corrected chi connectivity index (χ1v) is 9.18.